The molecule has 8 heteroatoms. The molecule has 4 aromatic rings. The van der Waals surface area contributed by atoms with E-state index in [1.807, 2.05) is 68.8 Å². The van der Waals surface area contributed by atoms with E-state index in [4.69, 9.17) is 0 Å². The topological polar surface area (TPSA) is 88.9 Å². The molecule has 0 radical (unpaired) electrons. The van der Waals surface area contributed by atoms with Gasteiger partial charge in [-0.2, -0.15) is 0 Å². The summed E-state index contributed by atoms with van der Waals surface area (Å²) in [5, 5.41) is 6.26. The zero-order valence-electron chi connectivity index (χ0n) is 18.5. The van der Waals surface area contributed by atoms with E-state index in [2.05, 4.69) is 20.6 Å². The van der Waals surface area contributed by atoms with Crippen LogP contribution in [0.3, 0.4) is 0 Å². The fourth-order valence-corrected chi connectivity index (χ4v) is 4.23. The molecule has 0 aliphatic heterocycles. The highest BCUT2D eigenvalue weighted by molar-refractivity contribution is 7.22. The number of aryl methyl sites for hydroxylation is 1. The van der Waals surface area contributed by atoms with Crippen LogP contribution >= 0.6 is 11.3 Å². The number of pyridine rings is 1. The van der Waals surface area contributed by atoms with Gasteiger partial charge in [0.25, 0.3) is 11.8 Å². The van der Waals surface area contributed by atoms with Gasteiger partial charge in [-0.1, -0.05) is 35.1 Å². The van der Waals surface area contributed by atoms with E-state index in [1.54, 1.807) is 18.3 Å². The van der Waals surface area contributed by atoms with Crippen LogP contribution < -0.4 is 10.6 Å². The molecule has 164 valence electrons. The molecule has 4 rings (SSSR count). The smallest absolute Gasteiger partial charge is 0.257 e. The van der Waals surface area contributed by atoms with Gasteiger partial charge in [-0.05, 0) is 52.0 Å². The van der Waals surface area contributed by atoms with Gasteiger partial charge in [0.15, 0.2) is 10.8 Å². The molecule has 3 heterocycles. The van der Waals surface area contributed by atoms with E-state index in [9.17, 15) is 9.59 Å². The lowest BCUT2D eigenvalue weighted by Gasteiger charge is -2.21. The summed E-state index contributed by atoms with van der Waals surface area (Å²) in [7, 11) is 0. The summed E-state index contributed by atoms with van der Waals surface area (Å²) in [5.41, 5.74) is 3.33. The quantitative estimate of drug-likeness (QED) is 0.463. The number of aromatic nitrogens is 3. The van der Waals surface area contributed by atoms with Gasteiger partial charge in [-0.3, -0.25) is 19.9 Å². The number of hydrogen-bond donors (Lipinski definition) is 2. The predicted molar refractivity (Wildman–Crippen MR) is 127 cm³/mol. The molecule has 0 fully saturated rings. The van der Waals surface area contributed by atoms with Crippen molar-refractivity contribution in [1.82, 2.24) is 19.9 Å². The predicted octanol–water partition coefficient (Wildman–Crippen LogP) is 4.74. The van der Waals surface area contributed by atoms with E-state index < -0.39 is 0 Å². The second-order valence-corrected chi connectivity index (χ2v) is 9.58. The summed E-state index contributed by atoms with van der Waals surface area (Å²) in [6, 6.07) is 12.9. The van der Waals surface area contributed by atoms with E-state index in [1.165, 1.54) is 11.3 Å². The summed E-state index contributed by atoms with van der Waals surface area (Å²) in [6.07, 6.45) is 3.52. The first-order valence-corrected chi connectivity index (χ1v) is 11.1. The van der Waals surface area contributed by atoms with Crippen LogP contribution in [0.1, 0.15) is 52.7 Å². The Bertz CT molecular complexity index is 1270. The second-order valence-electron chi connectivity index (χ2n) is 8.58. The molecule has 0 spiro atoms. The number of benzene rings is 1. The molecule has 1 aromatic carbocycles. The monoisotopic (exact) mass is 447 g/mol. The van der Waals surface area contributed by atoms with E-state index in [-0.39, 0.29) is 17.4 Å². The molecule has 7 nitrogen and oxygen atoms in total. The Hall–Kier alpha value is -3.52. The minimum Gasteiger partial charge on any atom is -0.346 e. The van der Waals surface area contributed by atoms with Crippen LogP contribution in [-0.4, -0.2) is 26.3 Å². The number of fused-ring (bicyclic) bond motifs is 1. The van der Waals surface area contributed by atoms with Crippen molar-refractivity contribution in [2.24, 2.45) is 0 Å². The highest BCUT2D eigenvalue weighted by atomic mass is 32.1. The minimum absolute atomic E-state index is 0.205. The Balaban J connectivity index is 1.63. The number of hydrogen-bond acceptors (Lipinski definition) is 5. The number of nitrogens with one attached hydrogen (secondary N) is 2. The fraction of sp³-hybridized carbons (Fsp3) is 0.250. The van der Waals surface area contributed by atoms with Gasteiger partial charge >= 0.3 is 0 Å². The van der Waals surface area contributed by atoms with Crippen molar-refractivity contribution in [3.8, 4) is 0 Å². The van der Waals surface area contributed by atoms with Crippen LogP contribution in [0.2, 0.25) is 0 Å². The second kappa shape index (κ2) is 8.55. The molecule has 0 aliphatic rings. The molecule has 2 amide bonds. The van der Waals surface area contributed by atoms with Crippen molar-refractivity contribution in [1.29, 1.82) is 0 Å². The molecule has 0 saturated carbocycles. The third-order valence-electron chi connectivity index (χ3n) is 5.00. The third-order valence-corrected chi connectivity index (χ3v) is 5.99. The molecule has 0 atom stereocenters. The molecule has 3 aromatic heterocycles. The maximum absolute atomic E-state index is 13.0. The first-order chi connectivity index (χ1) is 15.2. The third kappa shape index (κ3) is 4.55. The number of thiazole rings is 1. The number of amides is 2. The molecule has 0 bridgehead atoms. The van der Waals surface area contributed by atoms with Gasteiger partial charge in [0.05, 0.1) is 22.5 Å². The van der Waals surface area contributed by atoms with Crippen molar-refractivity contribution in [3.05, 3.63) is 77.2 Å². The maximum Gasteiger partial charge on any atom is 0.257 e. The fourth-order valence-electron chi connectivity index (χ4n) is 3.27. The first kappa shape index (κ1) is 21.7. The van der Waals surface area contributed by atoms with E-state index >= 15 is 0 Å². The van der Waals surface area contributed by atoms with Crippen LogP contribution in [0.15, 0.2) is 54.9 Å². The molecule has 32 heavy (non-hydrogen) atoms. The lowest BCUT2D eigenvalue weighted by molar-refractivity contribution is 0.0951. The molecule has 0 saturated heterocycles. The molecular weight excluding hydrogens is 422 g/mol. The van der Waals surface area contributed by atoms with Crippen molar-refractivity contribution < 1.29 is 9.59 Å². The number of carbonyl (C=O) groups excluding carboxylic acids is 2. The summed E-state index contributed by atoms with van der Waals surface area (Å²) in [4.78, 5) is 34.5. The average Bonchev–Trinajstić information content (AvgIpc) is 3.31. The normalized spacial score (nSPS) is 11.5. The Labute approximate surface area is 190 Å². The van der Waals surface area contributed by atoms with E-state index in [0.717, 1.165) is 16.0 Å². The van der Waals surface area contributed by atoms with Crippen molar-refractivity contribution in [2.75, 3.05) is 5.32 Å². The Morgan fingerprint density at radius 1 is 1.06 bits per heavy atom. The summed E-state index contributed by atoms with van der Waals surface area (Å²) >= 11 is 1.30. The van der Waals surface area contributed by atoms with Crippen molar-refractivity contribution in [3.63, 3.8) is 0 Å². The van der Waals surface area contributed by atoms with Crippen LogP contribution in [-0.2, 0) is 12.1 Å². The SMILES string of the molecule is Cc1ccc(C(=O)Nc2nc3c(s2)c(C(=O)NCc2ccccn2)cn3C(C)(C)C)cc1. The van der Waals surface area contributed by atoms with Gasteiger partial charge in [0, 0.05) is 23.5 Å². The van der Waals surface area contributed by atoms with Gasteiger partial charge in [0.1, 0.15) is 0 Å². The zero-order valence-corrected chi connectivity index (χ0v) is 19.3. The number of anilines is 1. The standard InChI is InChI=1S/C24H25N5O2S/c1-15-8-10-16(11-9-15)21(30)28-23-27-20-19(32-23)18(14-29(20)24(2,3)4)22(31)26-13-17-7-5-6-12-25-17/h5-12,14H,13H2,1-4H3,(H,26,31)(H,27,28,30). The Morgan fingerprint density at radius 2 is 1.81 bits per heavy atom. The first-order valence-electron chi connectivity index (χ1n) is 10.3. The van der Waals surface area contributed by atoms with Gasteiger partial charge in [-0.15, -0.1) is 0 Å². The molecule has 2 N–H and O–H groups in total. The van der Waals surface area contributed by atoms with Gasteiger partial charge in [-0.25, -0.2) is 4.98 Å². The van der Waals surface area contributed by atoms with Gasteiger partial charge in [0.2, 0.25) is 0 Å². The van der Waals surface area contributed by atoms with Crippen LogP contribution in [0.4, 0.5) is 5.13 Å². The summed E-state index contributed by atoms with van der Waals surface area (Å²) in [5.74, 6) is -0.437. The molecule has 0 unspecified atom stereocenters. The summed E-state index contributed by atoms with van der Waals surface area (Å²) < 4.78 is 2.70. The van der Waals surface area contributed by atoms with Gasteiger partial charge < -0.3 is 9.88 Å². The van der Waals surface area contributed by atoms with Crippen molar-refractivity contribution in [2.45, 2.75) is 39.8 Å². The van der Waals surface area contributed by atoms with Crippen LogP contribution in [0.5, 0.6) is 0 Å². The highest BCUT2D eigenvalue weighted by Crippen LogP contribution is 2.34. The Kier molecular flexibility index (Phi) is 5.80. The number of carbonyl (C=O) groups is 2. The van der Waals surface area contributed by atoms with Crippen LogP contribution in [0, 0.1) is 6.92 Å². The lowest BCUT2D eigenvalue weighted by Crippen LogP contribution is -2.24. The lowest BCUT2D eigenvalue weighted by atomic mass is 10.1. The highest BCUT2D eigenvalue weighted by Gasteiger charge is 2.25. The minimum atomic E-state index is -0.288. The largest absolute Gasteiger partial charge is 0.346 e. The molecule has 0 aliphatic carbocycles. The average molecular weight is 448 g/mol. The maximum atomic E-state index is 13.0. The molecular formula is C24H25N5O2S. The Morgan fingerprint density at radius 3 is 2.47 bits per heavy atom. The number of rotatable bonds is 5. The van der Waals surface area contributed by atoms with E-state index in [0.29, 0.717) is 28.5 Å². The summed E-state index contributed by atoms with van der Waals surface area (Å²) in [6.45, 7) is 8.45. The number of nitrogens with zero attached hydrogens (tertiary/aromatic N) is 3. The van der Waals surface area contributed by atoms with Crippen LogP contribution in [0.25, 0.3) is 10.3 Å². The van der Waals surface area contributed by atoms with Crippen molar-refractivity contribution >= 4 is 38.6 Å². The zero-order chi connectivity index (χ0) is 22.9.